The Hall–Kier alpha value is -1.89. The zero-order valence-electron chi connectivity index (χ0n) is 10.9. The summed E-state index contributed by atoms with van der Waals surface area (Å²) in [6, 6.07) is 3.16. The first-order valence-electron chi connectivity index (χ1n) is 5.89. The molecule has 2 rings (SSSR count). The average molecular weight is 341 g/mol. The van der Waals surface area contributed by atoms with Gasteiger partial charge in [0.15, 0.2) is 5.78 Å². The van der Waals surface area contributed by atoms with E-state index in [4.69, 9.17) is 5.11 Å². The Labute approximate surface area is 122 Å². The third-order valence-corrected chi connectivity index (χ3v) is 3.74. The number of carboxylic acids is 1. The van der Waals surface area contributed by atoms with E-state index in [2.05, 4.69) is 25.9 Å². The van der Waals surface area contributed by atoms with Gasteiger partial charge in [-0.3, -0.25) is 9.59 Å². The van der Waals surface area contributed by atoms with Crippen molar-refractivity contribution in [3.05, 3.63) is 32.7 Å². The average Bonchev–Trinajstić information content (AvgIpc) is 2.66. The molecule has 0 fully saturated rings. The minimum atomic E-state index is -1.14. The van der Waals surface area contributed by atoms with Crippen LogP contribution in [0.2, 0.25) is 0 Å². The lowest BCUT2D eigenvalue weighted by molar-refractivity contribution is -0.146. The van der Waals surface area contributed by atoms with Crippen molar-refractivity contribution < 1.29 is 14.7 Å². The normalized spacial score (nSPS) is 11.8. The highest BCUT2D eigenvalue weighted by atomic mass is 79.9. The molecular weight excluding hydrogens is 328 g/mol. The summed E-state index contributed by atoms with van der Waals surface area (Å²) < 4.78 is 0.520. The molecule has 0 saturated heterocycles. The summed E-state index contributed by atoms with van der Waals surface area (Å²) in [4.78, 5) is 39.7. The third-order valence-electron chi connectivity index (χ3n) is 3.09. The molecule has 0 spiro atoms. The summed E-state index contributed by atoms with van der Waals surface area (Å²) >= 11 is 3.27. The second-order valence-corrected chi connectivity index (χ2v) is 6.10. The number of carbonyl (C=O) groups is 2. The number of halogens is 1. The van der Waals surface area contributed by atoms with Crippen molar-refractivity contribution in [3.8, 4) is 0 Å². The van der Waals surface area contributed by atoms with Crippen LogP contribution in [0.5, 0.6) is 0 Å². The molecule has 0 amide bonds. The molecule has 20 heavy (non-hydrogen) atoms. The SMILES string of the molecule is CC(C)(CC(=O)c1cc2[nH]c(=O)[nH]c2cc1Br)C(=O)O. The summed E-state index contributed by atoms with van der Waals surface area (Å²) in [5.74, 6) is -1.33. The van der Waals surface area contributed by atoms with Gasteiger partial charge in [-0.1, -0.05) is 0 Å². The number of nitrogens with one attached hydrogen (secondary N) is 2. The number of carbonyl (C=O) groups excluding carboxylic acids is 1. The first kappa shape index (κ1) is 14.5. The van der Waals surface area contributed by atoms with Crippen molar-refractivity contribution in [3.63, 3.8) is 0 Å². The number of carboxylic acid groups (broad SMARTS) is 1. The van der Waals surface area contributed by atoms with E-state index in [9.17, 15) is 14.4 Å². The number of ketones is 1. The highest BCUT2D eigenvalue weighted by Gasteiger charge is 2.31. The van der Waals surface area contributed by atoms with E-state index in [-0.39, 0.29) is 17.9 Å². The molecule has 0 aliphatic rings. The van der Waals surface area contributed by atoms with Gasteiger partial charge in [0.2, 0.25) is 0 Å². The fourth-order valence-electron chi connectivity index (χ4n) is 1.84. The van der Waals surface area contributed by atoms with Crippen LogP contribution >= 0.6 is 15.9 Å². The molecule has 2 aromatic rings. The van der Waals surface area contributed by atoms with Crippen LogP contribution in [-0.4, -0.2) is 26.8 Å². The minimum absolute atomic E-state index is 0.124. The Morgan fingerprint density at radius 3 is 2.35 bits per heavy atom. The standard InChI is InChI=1S/C13H13BrN2O4/c1-13(2,11(18)19)5-10(17)6-3-8-9(4-7(6)14)16-12(20)15-8/h3-4H,5H2,1-2H3,(H,18,19)(H2,15,16,20). The van der Waals surface area contributed by atoms with E-state index in [0.29, 0.717) is 21.1 Å². The number of hydrogen-bond donors (Lipinski definition) is 3. The lowest BCUT2D eigenvalue weighted by Gasteiger charge is -2.18. The lowest BCUT2D eigenvalue weighted by atomic mass is 9.85. The number of benzene rings is 1. The molecule has 3 N–H and O–H groups in total. The zero-order valence-corrected chi connectivity index (χ0v) is 12.5. The van der Waals surface area contributed by atoms with E-state index >= 15 is 0 Å². The minimum Gasteiger partial charge on any atom is -0.481 e. The summed E-state index contributed by atoms with van der Waals surface area (Å²) in [5, 5.41) is 9.07. The molecule has 7 heteroatoms. The second-order valence-electron chi connectivity index (χ2n) is 5.25. The van der Waals surface area contributed by atoms with Gasteiger partial charge in [-0.25, -0.2) is 4.79 Å². The molecule has 0 atom stereocenters. The number of rotatable bonds is 4. The fraction of sp³-hybridized carbons (Fsp3) is 0.308. The van der Waals surface area contributed by atoms with E-state index < -0.39 is 11.4 Å². The highest BCUT2D eigenvalue weighted by molar-refractivity contribution is 9.10. The molecule has 0 aliphatic heterocycles. The van der Waals surface area contributed by atoms with Crippen LogP contribution < -0.4 is 5.69 Å². The van der Waals surface area contributed by atoms with Crippen LogP contribution in [0, 0.1) is 5.41 Å². The van der Waals surface area contributed by atoms with Gasteiger partial charge in [-0.15, -0.1) is 0 Å². The van der Waals surface area contributed by atoms with Gasteiger partial charge in [-0.2, -0.15) is 0 Å². The molecule has 0 radical (unpaired) electrons. The zero-order chi connectivity index (χ0) is 15.1. The Bertz CT molecular complexity index is 757. The van der Waals surface area contributed by atoms with Crippen LogP contribution in [0.25, 0.3) is 11.0 Å². The van der Waals surface area contributed by atoms with E-state index in [1.807, 2.05) is 0 Å². The Balaban J connectivity index is 2.42. The fourth-order valence-corrected chi connectivity index (χ4v) is 2.41. The second kappa shape index (κ2) is 4.90. The van der Waals surface area contributed by atoms with Crippen LogP contribution in [0.1, 0.15) is 30.6 Å². The Morgan fingerprint density at radius 1 is 1.25 bits per heavy atom. The monoisotopic (exact) mass is 340 g/mol. The smallest absolute Gasteiger partial charge is 0.323 e. The van der Waals surface area contributed by atoms with Crippen LogP contribution in [0.15, 0.2) is 21.4 Å². The number of Topliss-reactive ketones (excluding diaryl/α,β-unsaturated/α-hetero) is 1. The predicted molar refractivity (Wildman–Crippen MR) is 77.0 cm³/mol. The number of aromatic nitrogens is 2. The topological polar surface area (TPSA) is 103 Å². The van der Waals surface area contributed by atoms with Crippen LogP contribution in [0.3, 0.4) is 0 Å². The molecule has 1 aromatic heterocycles. The van der Waals surface area contributed by atoms with Gasteiger partial charge in [0, 0.05) is 16.5 Å². The van der Waals surface area contributed by atoms with E-state index in [1.165, 1.54) is 19.9 Å². The van der Waals surface area contributed by atoms with Gasteiger partial charge in [0.05, 0.1) is 16.4 Å². The first-order chi connectivity index (χ1) is 9.20. The van der Waals surface area contributed by atoms with Gasteiger partial charge >= 0.3 is 11.7 Å². The van der Waals surface area contributed by atoms with Gasteiger partial charge < -0.3 is 15.1 Å². The van der Waals surface area contributed by atoms with Crippen molar-refractivity contribution >= 4 is 38.7 Å². The molecule has 1 heterocycles. The molecule has 0 unspecified atom stereocenters. The van der Waals surface area contributed by atoms with Gasteiger partial charge in [0.1, 0.15) is 0 Å². The predicted octanol–water partition coefficient (Wildman–Crippen LogP) is 2.30. The molecule has 0 aliphatic carbocycles. The van der Waals surface area contributed by atoms with Crippen molar-refractivity contribution in [2.75, 3.05) is 0 Å². The van der Waals surface area contributed by atoms with E-state index in [1.54, 1.807) is 6.07 Å². The lowest BCUT2D eigenvalue weighted by Crippen LogP contribution is -2.27. The van der Waals surface area contributed by atoms with Crippen LogP contribution in [-0.2, 0) is 4.79 Å². The first-order valence-corrected chi connectivity index (χ1v) is 6.68. The maximum atomic E-state index is 12.2. The number of aliphatic carboxylic acids is 1. The van der Waals surface area contributed by atoms with Gasteiger partial charge in [-0.05, 0) is 41.9 Å². The molecule has 1 aromatic carbocycles. The maximum Gasteiger partial charge on any atom is 0.323 e. The molecule has 0 saturated carbocycles. The number of fused-ring (bicyclic) bond motifs is 1. The number of H-pyrrole nitrogens is 2. The summed E-state index contributed by atoms with van der Waals surface area (Å²) in [6.45, 7) is 3.00. The van der Waals surface area contributed by atoms with Crippen LogP contribution in [0.4, 0.5) is 0 Å². The van der Waals surface area contributed by atoms with Crippen molar-refractivity contribution in [2.24, 2.45) is 5.41 Å². The summed E-state index contributed by atoms with van der Waals surface area (Å²) in [5.41, 5.74) is -0.0631. The molecule has 106 valence electrons. The van der Waals surface area contributed by atoms with Gasteiger partial charge in [0.25, 0.3) is 0 Å². The highest BCUT2D eigenvalue weighted by Crippen LogP contribution is 2.28. The number of aromatic amines is 2. The maximum absolute atomic E-state index is 12.2. The summed E-state index contributed by atoms with van der Waals surface area (Å²) in [7, 11) is 0. The largest absolute Gasteiger partial charge is 0.481 e. The number of imidazole rings is 1. The summed E-state index contributed by atoms with van der Waals surface area (Å²) in [6.07, 6.45) is -0.124. The van der Waals surface area contributed by atoms with Crippen molar-refractivity contribution in [1.29, 1.82) is 0 Å². The number of hydrogen-bond acceptors (Lipinski definition) is 3. The Kier molecular flexibility index (Phi) is 3.56. The molecule has 6 nitrogen and oxygen atoms in total. The van der Waals surface area contributed by atoms with E-state index in [0.717, 1.165) is 0 Å². The third kappa shape index (κ3) is 2.67. The Morgan fingerprint density at radius 2 is 1.80 bits per heavy atom. The molecule has 0 bridgehead atoms. The van der Waals surface area contributed by atoms with Crippen molar-refractivity contribution in [2.45, 2.75) is 20.3 Å². The quantitative estimate of drug-likeness (QED) is 0.743. The van der Waals surface area contributed by atoms with Crippen molar-refractivity contribution in [1.82, 2.24) is 9.97 Å². The molecular formula is C13H13BrN2O4.